The molecule has 1 fully saturated rings. The third kappa shape index (κ3) is 6.87. The summed E-state index contributed by atoms with van der Waals surface area (Å²) in [5.41, 5.74) is 8.58. The van der Waals surface area contributed by atoms with Crippen LogP contribution in [0.4, 0.5) is 0 Å². The van der Waals surface area contributed by atoms with Crippen LogP contribution in [0, 0.1) is 0 Å². The quantitative estimate of drug-likeness (QED) is 0.463. The fourth-order valence-corrected chi connectivity index (χ4v) is 3.63. The first kappa shape index (κ1) is 23.4. The molecular weight excluding hydrogens is 404 g/mol. The summed E-state index contributed by atoms with van der Waals surface area (Å²) >= 11 is 0. The number of nitrogens with zero attached hydrogens (tertiary/aromatic N) is 2. The summed E-state index contributed by atoms with van der Waals surface area (Å²) in [7, 11) is 2.15. The second-order valence-electron chi connectivity index (χ2n) is 8.13. The van der Waals surface area contributed by atoms with Gasteiger partial charge in [0.05, 0.1) is 12.5 Å². The van der Waals surface area contributed by atoms with E-state index in [9.17, 15) is 14.4 Å². The average Bonchev–Trinajstić information content (AvgIpc) is 2.79. The third-order valence-electron chi connectivity index (χ3n) is 5.54. The Bertz CT molecular complexity index is 963. The molecule has 32 heavy (non-hydrogen) atoms. The van der Waals surface area contributed by atoms with Crippen LogP contribution in [-0.4, -0.2) is 67.2 Å². The Labute approximate surface area is 188 Å². The molecule has 1 heterocycles. The molecule has 0 bridgehead atoms. The van der Waals surface area contributed by atoms with Gasteiger partial charge < -0.3 is 20.7 Å². The number of carbonyl (C=O) groups is 3. The van der Waals surface area contributed by atoms with E-state index in [4.69, 9.17) is 5.73 Å². The fraction of sp³-hybridized carbons (Fsp3) is 0.320. The van der Waals surface area contributed by atoms with Crippen molar-refractivity contribution in [2.75, 3.05) is 33.2 Å². The monoisotopic (exact) mass is 434 g/mol. The van der Waals surface area contributed by atoms with Gasteiger partial charge in [-0.1, -0.05) is 54.6 Å². The molecule has 1 atom stereocenters. The average molecular weight is 435 g/mol. The highest BCUT2D eigenvalue weighted by atomic mass is 16.2. The lowest BCUT2D eigenvalue weighted by Gasteiger charge is -2.32. The Balaban J connectivity index is 1.64. The molecule has 2 aromatic carbocycles. The largest absolute Gasteiger partial charge is 0.370 e. The Kier molecular flexibility index (Phi) is 8.30. The molecule has 1 aliphatic heterocycles. The van der Waals surface area contributed by atoms with E-state index in [2.05, 4.69) is 46.4 Å². The number of amides is 2. The minimum atomic E-state index is -0.940. The molecule has 3 rings (SSSR count). The molecule has 7 heteroatoms. The van der Waals surface area contributed by atoms with Gasteiger partial charge in [-0.3, -0.25) is 14.5 Å². The molecule has 3 N–H and O–H groups in total. The second-order valence-corrected chi connectivity index (χ2v) is 8.13. The zero-order chi connectivity index (χ0) is 22.9. The van der Waals surface area contributed by atoms with Crippen LogP contribution in [0.15, 0.2) is 48.5 Å². The smallest absolute Gasteiger partial charge is 0.252 e. The summed E-state index contributed by atoms with van der Waals surface area (Å²) in [4.78, 5) is 39.6. The number of nitrogens with two attached hydrogens (primary N) is 1. The van der Waals surface area contributed by atoms with Crippen LogP contribution in [0.3, 0.4) is 0 Å². The number of rotatable bonds is 9. The molecule has 7 nitrogen and oxygen atoms in total. The van der Waals surface area contributed by atoms with Gasteiger partial charge in [0.2, 0.25) is 5.91 Å². The number of piperazine rings is 1. The molecule has 2 aromatic rings. The maximum absolute atomic E-state index is 12.6. The third-order valence-corrected chi connectivity index (χ3v) is 5.54. The van der Waals surface area contributed by atoms with E-state index in [1.54, 1.807) is 12.1 Å². The molecule has 1 aliphatic rings. The molecule has 168 valence electrons. The van der Waals surface area contributed by atoms with Crippen molar-refractivity contribution in [2.24, 2.45) is 5.73 Å². The van der Waals surface area contributed by atoms with Crippen LogP contribution in [0.1, 0.15) is 33.5 Å². The number of primary amides is 1. The van der Waals surface area contributed by atoms with Crippen molar-refractivity contribution in [1.29, 1.82) is 0 Å². The van der Waals surface area contributed by atoms with Gasteiger partial charge in [0, 0.05) is 38.3 Å². The van der Waals surface area contributed by atoms with Crippen LogP contribution in [0.2, 0.25) is 0 Å². The van der Waals surface area contributed by atoms with Crippen molar-refractivity contribution in [3.8, 4) is 0 Å². The van der Waals surface area contributed by atoms with Gasteiger partial charge in [0.15, 0.2) is 0 Å². The number of hydrogen-bond donors (Lipinski definition) is 2. The number of benzene rings is 2. The summed E-state index contributed by atoms with van der Waals surface area (Å²) < 4.78 is 0. The summed E-state index contributed by atoms with van der Waals surface area (Å²) in [6, 6.07) is 14.6. The van der Waals surface area contributed by atoms with Crippen LogP contribution >= 0.6 is 0 Å². The number of hydrogen-bond acceptors (Lipinski definition) is 5. The summed E-state index contributed by atoms with van der Waals surface area (Å²) in [6.07, 6.45) is 4.11. The van der Waals surface area contributed by atoms with E-state index >= 15 is 0 Å². The Hall–Kier alpha value is -3.29. The molecule has 1 unspecified atom stereocenters. The predicted octanol–water partition coefficient (Wildman–Crippen LogP) is 1.78. The van der Waals surface area contributed by atoms with Crippen molar-refractivity contribution in [1.82, 2.24) is 15.1 Å². The zero-order valence-electron chi connectivity index (χ0n) is 18.4. The highest BCUT2D eigenvalue weighted by Gasteiger charge is 2.17. The normalized spacial score (nSPS) is 16.0. The Morgan fingerprint density at radius 2 is 1.72 bits per heavy atom. The van der Waals surface area contributed by atoms with Gasteiger partial charge in [-0.25, -0.2) is 0 Å². The van der Waals surface area contributed by atoms with Gasteiger partial charge in [0.25, 0.3) is 5.91 Å². The number of carbonyl (C=O) groups excluding carboxylic acids is 3. The maximum atomic E-state index is 12.6. The minimum Gasteiger partial charge on any atom is -0.370 e. The lowest BCUT2D eigenvalue weighted by Crippen LogP contribution is -2.43. The molecule has 0 radical (unpaired) electrons. The van der Waals surface area contributed by atoms with E-state index in [0.717, 1.165) is 43.9 Å². The highest BCUT2D eigenvalue weighted by molar-refractivity contribution is 6.00. The number of aldehydes is 1. The van der Waals surface area contributed by atoms with E-state index in [1.165, 1.54) is 5.56 Å². The van der Waals surface area contributed by atoms with Crippen molar-refractivity contribution in [2.45, 2.75) is 19.0 Å². The number of likely N-dealkylation sites (N-methyl/N-ethyl adjacent to an activating group) is 1. The summed E-state index contributed by atoms with van der Waals surface area (Å²) in [6.45, 7) is 5.32. The van der Waals surface area contributed by atoms with Crippen LogP contribution in [-0.2, 0) is 16.1 Å². The SMILES string of the molecule is CN1CCN(Cc2ccc(/C=C/c3ccccc3C(=O)NC(C=O)CC(N)=O)cc2)CC1. The van der Waals surface area contributed by atoms with Gasteiger partial charge in [-0.15, -0.1) is 0 Å². The van der Waals surface area contributed by atoms with Crippen molar-refractivity contribution < 1.29 is 14.4 Å². The topological polar surface area (TPSA) is 95.7 Å². The van der Waals surface area contributed by atoms with E-state index < -0.39 is 17.9 Å². The standard InChI is InChI=1S/C25H30N4O3/c1-28-12-14-29(15-13-28)17-20-8-6-19(7-9-20)10-11-21-4-2-3-5-23(21)25(32)27-22(18-30)16-24(26)31/h2-11,18,22H,12-17H2,1H3,(H2,26,31)(H,27,32)/b11-10+. The first-order chi connectivity index (χ1) is 15.4. The van der Waals surface area contributed by atoms with Crippen molar-refractivity contribution in [3.05, 3.63) is 70.8 Å². The Morgan fingerprint density at radius 1 is 1.03 bits per heavy atom. The van der Waals surface area contributed by atoms with Gasteiger partial charge >= 0.3 is 0 Å². The Morgan fingerprint density at radius 3 is 2.38 bits per heavy atom. The fourth-order valence-electron chi connectivity index (χ4n) is 3.63. The lowest BCUT2D eigenvalue weighted by molar-refractivity contribution is -0.120. The van der Waals surface area contributed by atoms with Gasteiger partial charge in [-0.05, 0) is 29.8 Å². The molecule has 0 spiro atoms. The van der Waals surface area contributed by atoms with Crippen LogP contribution < -0.4 is 11.1 Å². The zero-order valence-corrected chi connectivity index (χ0v) is 18.4. The first-order valence-corrected chi connectivity index (χ1v) is 10.8. The van der Waals surface area contributed by atoms with Gasteiger partial charge in [0.1, 0.15) is 6.29 Å². The highest BCUT2D eigenvalue weighted by Crippen LogP contribution is 2.15. The molecule has 1 saturated heterocycles. The number of nitrogens with one attached hydrogen (secondary N) is 1. The van der Waals surface area contributed by atoms with E-state index in [-0.39, 0.29) is 6.42 Å². The van der Waals surface area contributed by atoms with E-state index in [0.29, 0.717) is 11.8 Å². The van der Waals surface area contributed by atoms with Crippen LogP contribution in [0.5, 0.6) is 0 Å². The molecular formula is C25H30N4O3. The maximum Gasteiger partial charge on any atom is 0.252 e. The lowest BCUT2D eigenvalue weighted by atomic mass is 10.0. The molecule has 0 saturated carbocycles. The van der Waals surface area contributed by atoms with Crippen molar-refractivity contribution >= 4 is 30.3 Å². The molecule has 0 aromatic heterocycles. The summed E-state index contributed by atoms with van der Waals surface area (Å²) in [5.74, 6) is -1.07. The van der Waals surface area contributed by atoms with Crippen LogP contribution in [0.25, 0.3) is 12.2 Å². The summed E-state index contributed by atoms with van der Waals surface area (Å²) in [5, 5.41) is 2.55. The first-order valence-electron chi connectivity index (χ1n) is 10.8. The minimum absolute atomic E-state index is 0.228. The van der Waals surface area contributed by atoms with Gasteiger partial charge in [-0.2, -0.15) is 0 Å². The molecule has 2 amide bonds. The molecule has 0 aliphatic carbocycles. The predicted molar refractivity (Wildman–Crippen MR) is 126 cm³/mol. The van der Waals surface area contributed by atoms with E-state index in [1.807, 2.05) is 24.3 Å². The second kappa shape index (κ2) is 11.4. The van der Waals surface area contributed by atoms with Crippen molar-refractivity contribution in [3.63, 3.8) is 0 Å².